The summed E-state index contributed by atoms with van der Waals surface area (Å²) in [4.78, 5) is 44.1. The van der Waals surface area contributed by atoms with E-state index in [1.165, 1.54) is 14.0 Å². The quantitative estimate of drug-likeness (QED) is 0.291. The summed E-state index contributed by atoms with van der Waals surface area (Å²) in [6.07, 6.45) is 3.99. The Bertz CT molecular complexity index is 1020. The zero-order chi connectivity index (χ0) is 29.2. The number of unbranched alkanes of at least 4 members (excludes halogenated alkanes) is 2. The standard InChI is InChI=1S/C29H46N4O7/c1-5-7-12-32(13-9-8-11-30)26(35)18-33-17-22(21-15-24(38-4)28-25(16-21)39-19-40-28)27(29(36)37)23(33)10-14-31(6-2)20(3)34/h15-16,22-23,27H,5-14,17-19,30H2,1-4H3,(H,36,37)/t22-,23+,27-/m1/s1. The van der Waals surface area contributed by atoms with Crippen molar-refractivity contribution in [1.82, 2.24) is 14.7 Å². The number of hydrogen-bond donors (Lipinski definition) is 2. The van der Waals surface area contributed by atoms with E-state index >= 15 is 0 Å². The lowest BCUT2D eigenvalue weighted by molar-refractivity contribution is -0.144. The molecule has 1 saturated heterocycles. The maximum atomic E-state index is 13.6. The van der Waals surface area contributed by atoms with Crippen LogP contribution in [-0.4, -0.2) is 103 Å². The predicted molar refractivity (Wildman–Crippen MR) is 151 cm³/mol. The third-order valence-electron chi connectivity index (χ3n) is 8.02. The van der Waals surface area contributed by atoms with Gasteiger partial charge in [0.15, 0.2) is 11.5 Å². The van der Waals surface area contributed by atoms with E-state index in [4.69, 9.17) is 19.9 Å². The van der Waals surface area contributed by atoms with Crippen molar-refractivity contribution >= 4 is 17.8 Å². The summed E-state index contributed by atoms with van der Waals surface area (Å²) in [6, 6.07) is 3.20. The number of carbonyl (C=O) groups is 3. The van der Waals surface area contributed by atoms with Gasteiger partial charge < -0.3 is 34.9 Å². The first-order valence-corrected chi connectivity index (χ1v) is 14.4. The number of fused-ring (bicyclic) bond motifs is 1. The van der Waals surface area contributed by atoms with E-state index in [1.54, 1.807) is 4.90 Å². The fraction of sp³-hybridized carbons (Fsp3) is 0.690. The molecule has 3 atom stereocenters. The number of rotatable bonds is 16. The Hall–Kier alpha value is -3.05. The van der Waals surface area contributed by atoms with E-state index in [2.05, 4.69) is 6.92 Å². The second-order valence-electron chi connectivity index (χ2n) is 10.5. The molecular formula is C29H46N4O7. The van der Waals surface area contributed by atoms with Gasteiger partial charge >= 0.3 is 5.97 Å². The summed E-state index contributed by atoms with van der Waals surface area (Å²) in [5.41, 5.74) is 6.44. The van der Waals surface area contributed by atoms with Crippen LogP contribution in [0.15, 0.2) is 12.1 Å². The van der Waals surface area contributed by atoms with E-state index < -0.39 is 23.8 Å². The molecule has 2 amide bonds. The number of ether oxygens (including phenoxy) is 3. The first-order chi connectivity index (χ1) is 19.2. The number of methoxy groups -OCH3 is 1. The Morgan fingerprint density at radius 2 is 1.85 bits per heavy atom. The van der Waals surface area contributed by atoms with Crippen LogP contribution in [-0.2, 0) is 14.4 Å². The van der Waals surface area contributed by atoms with Gasteiger partial charge in [-0.3, -0.25) is 19.3 Å². The van der Waals surface area contributed by atoms with Gasteiger partial charge in [0.25, 0.3) is 0 Å². The van der Waals surface area contributed by atoms with Gasteiger partial charge in [0.2, 0.25) is 24.4 Å². The SMILES string of the molecule is CCCCN(CCCCN)C(=O)CN1C[C@H](c2cc(OC)c3c(c2)OCO3)[C@@H](C(=O)O)[C@@H]1CCN(CC)C(C)=O. The highest BCUT2D eigenvalue weighted by atomic mass is 16.7. The molecule has 0 spiro atoms. The number of aliphatic carboxylic acids is 1. The summed E-state index contributed by atoms with van der Waals surface area (Å²) in [6.45, 7) is 8.91. The molecule has 0 saturated carbocycles. The second-order valence-corrected chi connectivity index (χ2v) is 10.5. The Morgan fingerprint density at radius 1 is 1.10 bits per heavy atom. The fourth-order valence-corrected chi connectivity index (χ4v) is 5.81. The van der Waals surface area contributed by atoms with E-state index in [0.29, 0.717) is 62.9 Å². The fourth-order valence-electron chi connectivity index (χ4n) is 5.81. The first kappa shape index (κ1) is 31.5. The summed E-state index contributed by atoms with van der Waals surface area (Å²) < 4.78 is 16.7. The van der Waals surface area contributed by atoms with Crippen LogP contribution in [0, 0.1) is 5.92 Å². The smallest absolute Gasteiger partial charge is 0.308 e. The number of carbonyl (C=O) groups excluding carboxylic acids is 2. The third-order valence-corrected chi connectivity index (χ3v) is 8.02. The number of carboxylic acids is 1. The number of amides is 2. The molecule has 1 aromatic carbocycles. The molecule has 0 aromatic heterocycles. The summed E-state index contributed by atoms with van der Waals surface area (Å²) >= 11 is 0. The van der Waals surface area contributed by atoms with Gasteiger partial charge in [-0.25, -0.2) is 0 Å². The lowest BCUT2D eigenvalue weighted by Crippen LogP contribution is -2.46. The van der Waals surface area contributed by atoms with Crippen LogP contribution >= 0.6 is 0 Å². The van der Waals surface area contributed by atoms with Gasteiger partial charge in [-0.05, 0) is 56.8 Å². The highest BCUT2D eigenvalue weighted by Crippen LogP contribution is 2.47. The normalized spacial score (nSPS) is 20.0. The van der Waals surface area contributed by atoms with Gasteiger partial charge in [0.05, 0.1) is 19.6 Å². The molecule has 0 radical (unpaired) electrons. The number of likely N-dealkylation sites (tertiary alicyclic amines) is 1. The number of hydrogen-bond acceptors (Lipinski definition) is 8. The minimum absolute atomic E-state index is 0.0116. The van der Waals surface area contributed by atoms with Crippen molar-refractivity contribution in [2.45, 2.75) is 64.8 Å². The molecule has 2 heterocycles. The van der Waals surface area contributed by atoms with Crippen molar-refractivity contribution in [3.8, 4) is 17.2 Å². The Kier molecular flexibility index (Phi) is 11.9. The maximum Gasteiger partial charge on any atom is 0.308 e. The van der Waals surface area contributed by atoms with Crippen LogP contribution in [0.3, 0.4) is 0 Å². The highest BCUT2D eigenvalue weighted by molar-refractivity contribution is 5.79. The van der Waals surface area contributed by atoms with Crippen LogP contribution in [0.5, 0.6) is 17.2 Å². The minimum Gasteiger partial charge on any atom is -0.493 e. The zero-order valence-electron chi connectivity index (χ0n) is 24.4. The van der Waals surface area contributed by atoms with Crippen molar-refractivity contribution in [2.75, 3.05) is 59.7 Å². The monoisotopic (exact) mass is 562 g/mol. The third kappa shape index (κ3) is 7.57. The van der Waals surface area contributed by atoms with Gasteiger partial charge in [0, 0.05) is 51.6 Å². The van der Waals surface area contributed by atoms with E-state index in [0.717, 1.165) is 31.2 Å². The molecule has 0 aliphatic carbocycles. The van der Waals surface area contributed by atoms with Crippen molar-refractivity contribution in [3.05, 3.63) is 17.7 Å². The van der Waals surface area contributed by atoms with Gasteiger partial charge in [-0.15, -0.1) is 0 Å². The first-order valence-electron chi connectivity index (χ1n) is 14.4. The largest absolute Gasteiger partial charge is 0.493 e. The van der Waals surface area contributed by atoms with Crippen LogP contribution in [0.4, 0.5) is 0 Å². The highest BCUT2D eigenvalue weighted by Gasteiger charge is 2.47. The van der Waals surface area contributed by atoms with Crippen molar-refractivity contribution in [2.24, 2.45) is 11.7 Å². The number of nitrogens with zero attached hydrogens (tertiary/aromatic N) is 3. The van der Waals surface area contributed by atoms with Crippen LogP contribution in [0.1, 0.15) is 64.4 Å². The van der Waals surface area contributed by atoms with Crippen molar-refractivity contribution in [1.29, 1.82) is 0 Å². The molecule has 3 N–H and O–H groups in total. The molecule has 11 heteroatoms. The lowest BCUT2D eigenvalue weighted by atomic mass is 9.84. The molecule has 0 bridgehead atoms. The number of carboxylic acid groups (broad SMARTS) is 1. The molecule has 2 aliphatic rings. The molecular weight excluding hydrogens is 516 g/mol. The molecule has 0 unspecified atom stereocenters. The summed E-state index contributed by atoms with van der Waals surface area (Å²) in [5, 5.41) is 10.5. The number of nitrogens with two attached hydrogens (primary N) is 1. The minimum atomic E-state index is -0.932. The van der Waals surface area contributed by atoms with Crippen LogP contribution in [0.2, 0.25) is 0 Å². The van der Waals surface area contributed by atoms with Crippen LogP contribution in [0.25, 0.3) is 0 Å². The molecule has 1 aromatic rings. The Labute approximate surface area is 237 Å². The Balaban J connectivity index is 1.92. The predicted octanol–water partition coefficient (Wildman–Crippen LogP) is 2.52. The van der Waals surface area contributed by atoms with E-state index in [-0.39, 0.29) is 25.2 Å². The average Bonchev–Trinajstić information content (AvgIpc) is 3.55. The van der Waals surface area contributed by atoms with E-state index in [1.807, 2.05) is 28.9 Å². The molecule has 11 nitrogen and oxygen atoms in total. The lowest BCUT2D eigenvalue weighted by Gasteiger charge is -2.31. The topological polar surface area (TPSA) is 135 Å². The van der Waals surface area contributed by atoms with Crippen LogP contribution < -0.4 is 19.9 Å². The van der Waals surface area contributed by atoms with Crippen molar-refractivity contribution in [3.63, 3.8) is 0 Å². The van der Waals surface area contributed by atoms with E-state index in [9.17, 15) is 19.5 Å². The van der Waals surface area contributed by atoms with Gasteiger partial charge in [-0.1, -0.05) is 13.3 Å². The average molecular weight is 563 g/mol. The number of benzene rings is 1. The van der Waals surface area contributed by atoms with Gasteiger partial charge in [-0.2, -0.15) is 0 Å². The zero-order valence-corrected chi connectivity index (χ0v) is 24.4. The van der Waals surface area contributed by atoms with Crippen molar-refractivity contribution < 1.29 is 33.7 Å². The molecule has 224 valence electrons. The molecule has 1 fully saturated rings. The second kappa shape index (κ2) is 15.1. The summed E-state index contributed by atoms with van der Waals surface area (Å²) in [5.74, 6) is -0.692. The molecule has 40 heavy (non-hydrogen) atoms. The molecule has 2 aliphatic heterocycles. The molecule has 3 rings (SSSR count). The Morgan fingerprint density at radius 3 is 2.48 bits per heavy atom. The maximum absolute atomic E-state index is 13.6. The van der Waals surface area contributed by atoms with Gasteiger partial charge in [0.1, 0.15) is 0 Å². The summed E-state index contributed by atoms with van der Waals surface area (Å²) in [7, 11) is 1.54.